The van der Waals surface area contributed by atoms with Crippen molar-refractivity contribution in [1.82, 2.24) is 0 Å². The lowest BCUT2D eigenvalue weighted by atomic mass is 9.92. The Morgan fingerprint density at radius 3 is 0.933 bits per heavy atom. The zero-order valence-corrected chi connectivity index (χ0v) is 7.06. The van der Waals surface area contributed by atoms with E-state index in [-0.39, 0.29) is 6.92 Å². The van der Waals surface area contributed by atoms with Crippen molar-refractivity contribution in [3.8, 4) is 0 Å². The molecule has 0 spiro atoms. The van der Waals surface area contributed by atoms with Crippen LogP contribution in [-0.4, -0.2) is 18.5 Å². The number of hydrogen-bond donors (Lipinski definition) is 0. The third-order valence-corrected chi connectivity index (χ3v) is 1.72. The standard InChI is InChI=1S/C6H5F9/c1-2(4(7,8)9)3(5(10,11)12)6(13,14)15/h2-3H,1H3. The van der Waals surface area contributed by atoms with E-state index in [0.717, 1.165) is 0 Å². The van der Waals surface area contributed by atoms with Crippen molar-refractivity contribution >= 4 is 0 Å². The van der Waals surface area contributed by atoms with Gasteiger partial charge in [-0.15, -0.1) is 0 Å². The molecule has 0 aliphatic rings. The minimum atomic E-state index is -5.97. The van der Waals surface area contributed by atoms with Gasteiger partial charge in [0.1, 0.15) is 0 Å². The van der Waals surface area contributed by atoms with E-state index in [1.54, 1.807) is 0 Å². The van der Waals surface area contributed by atoms with Gasteiger partial charge in [-0.05, 0) is 0 Å². The Hall–Kier alpha value is -0.630. The third-order valence-electron chi connectivity index (χ3n) is 1.72. The first-order valence-electron chi connectivity index (χ1n) is 3.48. The monoisotopic (exact) mass is 248 g/mol. The van der Waals surface area contributed by atoms with Crippen LogP contribution in [-0.2, 0) is 0 Å². The van der Waals surface area contributed by atoms with Crippen LogP contribution in [0.5, 0.6) is 0 Å². The van der Waals surface area contributed by atoms with Crippen molar-refractivity contribution in [2.24, 2.45) is 11.8 Å². The van der Waals surface area contributed by atoms with Crippen molar-refractivity contribution in [2.45, 2.75) is 25.5 Å². The molecular weight excluding hydrogens is 243 g/mol. The molecule has 0 aromatic carbocycles. The van der Waals surface area contributed by atoms with Crippen LogP contribution in [0.3, 0.4) is 0 Å². The Morgan fingerprint density at radius 2 is 0.867 bits per heavy atom. The summed E-state index contributed by atoms with van der Waals surface area (Å²) in [6.45, 7) is -0.147. The van der Waals surface area contributed by atoms with Crippen LogP contribution >= 0.6 is 0 Å². The van der Waals surface area contributed by atoms with Crippen LogP contribution in [0.4, 0.5) is 39.5 Å². The fourth-order valence-corrected chi connectivity index (χ4v) is 0.942. The van der Waals surface area contributed by atoms with E-state index in [2.05, 4.69) is 0 Å². The minimum Gasteiger partial charge on any atom is -0.171 e. The number of rotatable bonds is 1. The summed E-state index contributed by atoms with van der Waals surface area (Å²) in [5.41, 5.74) is 0. The molecule has 0 bridgehead atoms. The predicted molar refractivity (Wildman–Crippen MR) is 30.8 cm³/mol. The maximum atomic E-state index is 11.8. The minimum absolute atomic E-state index is 0.147. The molecule has 0 N–H and O–H groups in total. The summed E-state index contributed by atoms with van der Waals surface area (Å²) < 4.78 is 106. The van der Waals surface area contributed by atoms with E-state index in [4.69, 9.17) is 0 Å². The zero-order chi connectivity index (χ0) is 12.7. The molecule has 1 atom stereocenters. The van der Waals surface area contributed by atoms with Gasteiger partial charge in [0.05, 0.1) is 5.92 Å². The molecule has 0 fully saturated rings. The SMILES string of the molecule is CC(C(C(F)(F)F)C(F)(F)F)C(F)(F)F. The largest absolute Gasteiger partial charge is 0.401 e. The Balaban J connectivity index is 5.16. The van der Waals surface area contributed by atoms with Crippen LogP contribution < -0.4 is 0 Å². The first-order valence-corrected chi connectivity index (χ1v) is 3.48. The van der Waals surface area contributed by atoms with E-state index in [1.165, 1.54) is 0 Å². The average Bonchev–Trinajstić information content (AvgIpc) is 1.76. The molecule has 0 amide bonds. The summed E-state index contributed by atoms with van der Waals surface area (Å²) >= 11 is 0. The fourth-order valence-electron chi connectivity index (χ4n) is 0.942. The topological polar surface area (TPSA) is 0 Å². The fraction of sp³-hybridized carbons (Fsp3) is 1.00. The summed E-state index contributed by atoms with van der Waals surface area (Å²) in [7, 11) is 0. The van der Waals surface area contributed by atoms with Gasteiger partial charge in [0.15, 0.2) is 5.92 Å². The van der Waals surface area contributed by atoms with Crippen molar-refractivity contribution in [2.75, 3.05) is 0 Å². The van der Waals surface area contributed by atoms with Crippen LogP contribution in [0.1, 0.15) is 6.92 Å². The maximum absolute atomic E-state index is 11.8. The lowest BCUT2D eigenvalue weighted by Crippen LogP contribution is -2.46. The Kier molecular flexibility index (Phi) is 3.59. The van der Waals surface area contributed by atoms with Crippen molar-refractivity contribution in [3.63, 3.8) is 0 Å². The van der Waals surface area contributed by atoms with E-state index < -0.39 is 30.4 Å². The maximum Gasteiger partial charge on any atom is 0.401 e. The molecule has 0 radical (unpaired) electrons. The summed E-state index contributed by atoms with van der Waals surface area (Å²) in [5, 5.41) is 0. The van der Waals surface area contributed by atoms with Crippen LogP contribution in [0.25, 0.3) is 0 Å². The molecule has 9 heteroatoms. The zero-order valence-electron chi connectivity index (χ0n) is 7.06. The molecule has 15 heavy (non-hydrogen) atoms. The molecule has 0 saturated carbocycles. The lowest BCUT2D eigenvalue weighted by molar-refractivity contribution is -0.330. The molecule has 92 valence electrons. The third kappa shape index (κ3) is 3.78. The summed E-state index contributed by atoms with van der Waals surface area (Å²) in [6.07, 6.45) is -17.5. The molecule has 1 unspecified atom stereocenters. The molecule has 0 aliphatic carbocycles. The molecular formula is C6H5F9. The molecule has 0 rings (SSSR count). The summed E-state index contributed by atoms with van der Waals surface area (Å²) in [6, 6.07) is 0. The summed E-state index contributed by atoms with van der Waals surface area (Å²) in [4.78, 5) is 0. The van der Waals surface area contributed by atoms with Gasteiger partial charge in [-0.3, -0.25) is 0 Å². The van der Waals surface area contributed by atoms with Gasteiger partial charge >= 0.3 is 18.5 Å². The van der Waals surface area contributed by atoms with Gasteiger partial charge in [0.25, 0.3) is 0 Å². The highest BCUT2D eigenvalue weighted by molar-refractivity contribution is 4.83. The highest BCUT2D eigenvalue weighted by atomic mass is 19.4. The van der Waals surface area contributed by atoms with Gasteiger partial charge in [0, 0.05) is 0 Å². The van der Waals surface area contributed by atoms with Crippen molar-refractivity contribution < 1.29 is 39.5 Å². The predicted octanol–water partition coefficient (Wildman–Crippen LogP) is 3.93. The first kappa shape index (κ1) is 14.4. The average molecular weight is 248 g/mol. The normalized spacial score (nSPS) is 17.0. The van der Waals surface area contributed by atoms with Gasteiger partial charge in [-0.2, -0.15) is 39.5 Å². The van der Waals surface area contributed by atoms with Gasteiger partial charge in [0.2, 0.25) is 0 Å². The first-order chi connectivity index (χ1) is 6.28. The second kappa shape index (κ2) is 3.75. The number of alkyl halides is 9. The molecule has 0 saturated heterocycles. The number of halogens is 9. The molecule has 0 heterocycles. The second-order valence-corrected chi connectivity index (χ2v) is 2.89. The quantitative estimate of drug-likeness (QED) is 0.617. The van der Waals surface area contributed by atoms with Gasteiger partial charge < -0.3 is 0 Å². The van der Waals surface area contributed by atoms with Gasteiger partial charge in [-0.25, -0.2) is 0 Å². The molecule has 0 aromatic heterocycles. The highest BCUT2D eigenvalue weighted by Crippen LogP contribution is 2.48. The van der Waals surface area contributed by atoms with E-state index in [0.29, 0.717) is 0 Å². The Labute approximate surface area is 78.1 Å². The van der Waals surface area contributed by atoms with Gasteiger partial charge in [-0.1, -0.05) is 6.92 Å². The van der Waals surface area contributed by atoms with Crippen LogP contribution in [0.2, 0.25) is 0 Å². The Morgan fingerprint density at radius 1 is 0.600 bits per heavy atom. The van der Waals surface area contributed by atoms with E-state index in [9.17, 15) is 39.5 Å². The van der Waals surface area contributed by atoms with E-state index >= 15 is 0 Å². The molecule has 0 aromatic rings. The van der Waals surface area contributed by atoms with E-state index in [1.807, 2.05) is 0 Å². The number of hydrogen-bond acceptors (Lipinski definition) is 0. The highest BCUT2D eigenvalue weighted by Gasteiger charge is 2.64. The Bertz CT molecular complexity index is 192. The molecule has 0 aliphatic heterocycles. The van der Waals surface area contributed by atoms with Crippen LogP contribution in [0, 0.1) is 11.8 Å². The summed E-state index contributed by atoms with van der Waals surface area (Å²) in [5.74, 6) is -7.90. The lowest BCUT2D eigenvalue weighted by Gasteiger charge is -2.29. The smallest absolute Gasteiger partial charge is 0.171 e. The second-order valence-electron chi connectivity index (χ2n) is 2.89. The molecule has 0 nitrogen and oxygen atoms in total. The van der Waals surface area contributed by atoms with Crippen molar-refractivity contribution in [3.05, 3.63) is 0 Å². The van der Waals surface area contributed by atoms with Crippen LogP contribution in [0.15, 0.2) is 0 Å². The van der Waals surface area contributed by atoms with Crippen molar-refractivity contribution in [1.29, 1.82) is 0 Å².